The summed E-state index contributed by atoms with van der Waals surface area (Å²) in [5.74, 6) is 0.421. The van der Waals surface area contributed by atoms with Gasteiger partial charge in [-0.15, -0.1) is 0 Å². The van der Waals surface area contributed by atoms with Crippen molar-refractivity contribution in [1.82, 2.24) is 4.90 Å². The molecule has 1 atom stereocenters. The quantitative estimate of drug-likeness (QED) is 0.754. The number of benzene rings is 1. The maximum Gasteiger partial charge on any atom is 0.351 e. The first kappa shape index (κ1) is 15.5. The first-order valence-electron chi connectivity index (χ1n) is 6.74. The van der Waals surface area contributed by atoms with Crippen molar-refractivity contribution in [3.63, 3.8) is 0 Å². The molecule has 0 bridgehead atoms. The summed E-state index contributed by atoms with van der Waals surface area (Å²) in [6, 6.07) is 7.58. The fraction of sp³-hybridized carbons (Fsp3) is 0.571. The summed E-state index contributed by atoms with van der Waals surface area (Å²) in [4.78, 5) is 2.18. The smallest absolute Gasteiger partial charge is 0.351 e. The molecule has 1 unspecified atom stereocenters. The zero-order chi connectivity index (χ0) is 14.6. The van der Waals surface area contributed by atoms with Gasteiger partial charge in [-0.1, -0.05) is 12.1 Å². The average molecular weight is 299 g/mol. The minimum atomic E-state index is -3.20. The molecule has 1 aromatic rings. The van der Waals surface area contributed by atoms with Crippen molar-refractivity contribution in [1.29, 1.82) is 0 Å². The number of hydrogen-bond acceptors (Lipinski definition) is 5. The van der Waals surface area contributed by atoms with Gasteiger partial charge in [0.1, 0.15) is 11.5 Å². The number of methoxy groups -OCH3 is 1. The largest absolute Gasteiger partial charge is 0.497 e. The Morgan fingerprint density at radius 1 is 1.05 bits per heavy atom. The van der Waals surface area contributed by atoms with E-state index in [4.69, 9.17) is 13.8 Å². The molecular weight excluding hydrogens is 277 g/mol. The van der Waals surface area contributed by atoms with Gasteiger partial charge < -0.3 is 13.8 Å². The SMILES string of the molecule is COc1ccc(C(N2CCCC2)P(=O)(OC)OC)cc1. The Kier molecular flexibility index (Phi) is 5.22. The Labute approximate surface area is 120 Å². The first-order valence-corrected chi connectivity index (χ1v) is 8.35. The van der Waals surface area contributed by atoms with Crippen LogP contribution in [0.1, 0.15) is 24.2 Å². The number of hydrogen-bond donors (Lipinski definition) is 0. The van der Waals surface area contributed by atoms with Crippen molar-refractivity contribution in [3.05, 3.63) is 29.8 Å². The van der Waals surface area contributed by atoms with E-state index in [0.29, 0.717) is 0 Å². The molecule has 20 heavy (non-hydrogen) atoms. The molecule has 0 amide bonds. The van der Waals surface area contributed by atoms with Crippen LogP contribution in [0.2, 0.25) is 0 Å². The van der Waals surface area contributed by atoms with Gasteiger partial charge in [-0.05, 0) is 43.6 Å². The molecule has 1 aliphatic heterocycles. The minimum Gasteiger partial charge on any atom is -0.497 e. The standard InChI is InChI=1S/C14H22NO4P/c1-17-13-8-6-12(7-9-13)14(15-10-4-5-11-15)20(16,18-2)19-3/h6-9,14H,4-5,10-11H2,1-3H3. The van der Waals surface area contributed by atoms with Gasteiger partial charge in [-0.3, -0.25) is 9.46 Å². The predicted octanol–water partition coefficient (Wildman–Crippen LogP) is 3.28. The van der Waals surface area contributed by atoms with Crippen LogP contribution >= 0.6 is 7.60 Å². The van der Waals surface area contributed by atoms with Crippen molar-refractivity contribution in [2.75, 3.05) is 34.4 Å². The summed E-state index contributed by atoms with van der Waals surface area (Å²) < 4.78 is 28.5. The Balaban J connectivity index is 2.36. The summed E-state index contributed by atoms with van der Waals surface area (Å²) in [6.45, 7) is 1.82. The zero-order valence-electron chi connectivity index (χ0n) is 12.2. The van der Waals surface area contributed by atoms with Gasteiger partial charge in [-0.2, -0.15) is 0 Å². The summed E-state index contributed by atoms with van der Waals surface area (Å²) in [7, 11) is 1.31. The van der Waals surface area contributed by atoms with Crippen LogP contribution in [-0.4, -0.2) is 39.3 Å². The van der Waals surface area contributed by atoms with E-state index in [1.807, 2.05) is 24.3 Å². The van der Waals surface area contributed by atoms with Crippen molar-refractivity contribution < 1.29 is 18.3 Å². The maximum absolute atomic E-state index is 12.9. The maximum atomic E-state index is 12.9. The fourth-order valence-corrected chi connectivity index (χ4v) is 4.35. The third kappa shape index (κ3) is 3.07. The molecule has 1 fully saturated rings. The van der Waals surface area contributed by atoms with E-state index >= 15 is 0 Å². The van der Waals surface area contributed by atoms with Crippen LogP contribution in [0.25, 0.3) is 0 Å². The molecular formula is C14H22NO4P. The molecule has 6 heteroatoms. The third-order valence-corrected chi connectivity index (χ3v) is 5.95. The molecule has 1 aromatic carbocycles. The monoisotopic (exact) mass is 299 g/mol. The Morgan fingerprint density at radius 2 is 1.60 bits per heavy atom. The van der Waals surface area contributed by atoms with Gasteiger partial charge in [0.05, 0.1) is 7.11 Å². The summed E-state index contributed by atoms with van der Waals surface area (Å²) in [5.41, 5.74) is 0.930. The highest BCUT2D eigenvalue weighted by molar-refractivity contribution is 7.54. The van der Waals surface area contributed by atoms with Gasteiger partial charge in [0.2, 0.25) is 0 Å². The molecule has 1 heterocycles. The first-order chi connectivity index (χ1) is 9.64. The van der Waals surface area contributed by atoms with Crippen molar-refractivity contribution in [3.8, 4) is 5.75 Å². The molecule has 0 aliphatic carbocycles. The molecule has 0 N–H and O–H groups in total. The molecule has 1 aliphatic rings. The lowest BCUT2D eigenvalue weighted by atomic mass is 10.2. The van der Waals surface area contributed by atoms with Gasteiger partial charge >= 0.3 is 7.60 Å². The Morgan fingerprint density at radius 3 is 2.05 bits per heavy atom. The van der Waals surface area contributed by atoms with Crippen LogP contribution in [0.3, 0.4) is 0 Å². The Hall–Kier alpha value is -0.870. The minimum absolute atomic E-state index is 0.356. The zero-order valence-corrected chi connectivity index (χ0v) is 13.1. The lowest BCUT2D eigenvalue weighted by Crippen LogP contribution is -2.26. The molecule has 0 aromatic heterocycles. The van der Waals surface area contributed by atoms with E-state index in [1.54, 1.807) is 7.11 Å². The van der Waals surface area contributed by atoms with Gasteiger partial charge in [0, 0.05) is 14.2 Å². The number of ether oxygens (including phenoxy) is 1. The fourth-order valence-electron chi connectivity index (χ4n) is 2.63. The number of nitrogens with zero attached hydrogens (tertiary/aromatic N) is 1. The van der Waals surface area contributed by atoms with Crippen molar-refractivity contribution in [2.24, 2.45) is 0 Å². The highest BCUT2D eigenvalue weighted by Gasteiger charge is 2.40. The summed E-state index contributed by atoms with van der Waals surface area (Å²) in [6.07, 6.45) is 2.22. The van der Waals surface area contributed by atoms with Crippen LogP contribution in [0.4, 0.5) is 0 Å². The van der Waals surface area contributed by atoms with Crippen LogP contribution in [0.5, 0.6) is 5.75 Å². The number of rotatable bonds is 6. The lowest BCUT2D eigenvalue weighted by molar-refractivity contribution is 0.211. The average Bonchev–Trinajstić information content (AvgIpc) is 3.01. The molecule has 112 valence electrons. The van der Waals surface area contributed by atoms with E-state index in [0.717, 1.165) is 37.2 Å². The molecule has 0 saturated carbocycles. The van der Waals surface area contributed by atoms with E-state index in [2.05, 4.69) is 4.90 Å². The normalized spacial score (nSPS) is 18.1. The predicted molar refractivity (Wildman–Crippen MR) is 78.2 cm³/mol. The van der Waals surface area contributed by atoms with Crippen molar-refractivity contribution >= 4 is 7.60 Å². The van der Waals surface area contributed by atoms with Crippen LogP contribution in [0, 0.1) is 0 Å². The van der Waals surface area contributed by atoms with Crippen LogP contribution < -0.4 is 4.74 Å². The van der Waals surface area contributed by atoms with Gasteiger partial charge in [-0.25, -0.2) is 0 Å². The van der Waals surface area contributed by atoms with Gasteiger partial charge in [0.25, 0.3) is 0 Å². The van der Waals surface area contributed by atoms with Gasteiger partial charge in [0.15, 0.2) is 0 Å². The molecule has 0 spiro atoms. The lowest BCUT2D eigenvalue weighted by Gasteiger charge is -2.32. The molecule has 2 rings (SSSR count). The summed E-state index contributed by atoms with van der Waals surface area (Å²) in [5, 5.41) is 0. The van der Waals surface area contributed by atoms with E-state index in [-0.39, 0.29) is 5.78 Å². The van der Waals surface area contributed by atoms with Crippen LogP contribution in [-0.2, 0) is 13.6 Å². The highest BCUT2D eigenvalue weighted by atomic mass is 31.2. The third-order valence-electron chi connectivity index (χ3n) is 3.71. The van der Waals surface area contributed by atoms with Crippen LogP contribution in [0.15, 0.2) is 24.3 Å². The Bertz CT molecular complexity index is 463. The second-order valence-electron chi connectivity index (χ2n) is 4.79. The molecule has 1 saturated heterocycles. The summed E-state index contributed by atoms with van der Waals surface area (Å²) >= 11 is 0. The van der Waals surface area contributed by atoms with Crippen molar-refractivity contribution in [2.45, 2.75) is 18.6 Å². The molecule has 0 radical (unpaired) electrons. The van der Waals surface area contributed by atoms with E-state index < -0.39 is 7.60 Å². The van der Waals surface area contributed by atoms with E-state index in [9.17, 15) is 4.57 Å². The second-order valence-corrected chi connectivity index (χ2v) is 7.09. The molecule has 5 nitrogen and oxygen atoms in total. The topological polar surface area (TPSA) is 48.0 Å². The van der Waals surface area contributed by atoms with E-state index in [1.165, 1.54) is 14.2 Å². The second kappa shape index (κ2) is 6.72. The number of likely N-dealkylation sites (tertiary alicyclic amines) is 1. The highest BCUT2D eigenvalue weighted by Crippen LogP contribution is 2.61.